The predicted octanol–water partition coefficient (Wildman–Crippen LogP) is 2.84. The average molecular weight is 324 g/mol. The molecule has 0 spiro atoms. The molecule has 5 nitrogen and oxygen atoms in total. The highest BCUT2D eigenvalue weighted by atomic mass is 35.5. The van der Waals surface area contributed by atoms with Crippen molar-refractivity contribution in [2.24, 2.45) is 7.05 Å². The highest BCUT2D eigenvalue weighted by molar-refractivity contribution is 6.35. The molecule has 0 aliphatic rings. The number of aryl methyl sites for hydroxylation is 4. The first kappa shape index (κ1) is 14.4. The van der Waals surface area contributed by atoms with E-state index in [9.17, 15) is 0 Å². The van der Waals surface area contributed by atoms with Crippen LogP contribution in [-0.4, -0.2) is 30.2 Å². The van der Waals surface area contributed by atoms with Gasteiger partial charge in [0.2, 0.25) is 0 Å². The third-order valence-corrected chi connectivity index (χ3v) is 3.81. The molecule has 21 heavy (non-hydrogen) atoms. The van der Waals surface area contributed by atoms with Gasteiger partial charge in [-0.05, 0) is 12.1 Å². The number of hydrogen-bond donors (Lipinski definition) is 0. The summed E-state index contributed by atoms with van der Waals surface area (Å²) in [4.78, 5) is 8.88. The van der Waals surface area contributed by atoms with Crippen LogP contribution >= 0.6 is 23.2 Å². The number of benzene rings is 1. The van der Waals surface area contributed by atoms with Crippen LogP contribution in [0.4, 0.5) is 0 Å². The van der Waals surface area contributed by atoms with E-state index < -0.39 is 0 Å². The lowest BCUT2D eigenvalue weighted by atomic mass is 10.3. The molecule has 3 aromatic rings. The minimum absolute atomic E-state index is 0.531. The minimum atomic E-state index is 0.531. The van der Waals surface area contributed by atoms with E-state index in [1.54, 1.807) is 11.0 Å². The van der Waals surface area contributed by atoms with E-state index in [2.05, 4.69) is 19.6 Å². The van der Waals surface area contributed by atoms with Crippen LogP contribution in [0.2, 0.25) is 5.02 Å². The monoisotopic (exact) mass is 323 g/mol. The smallest absolute Gasteiger partial charge is 0.152 e. The van der Waals surface area contributed by atoms with Crippen LogP contribution in [-0.2, 0) is 26.4 Å². The Morgan fingerprint density at radius 3 is 2.81 bits per heavy atom. The van der Waals surface area contributed by atoms with E-state index in [1.807, 2.05) is 25.2 Å². The van der Waals surface area contributed by atoms with E-state index in [1.165, 1.54) is 0 Å². The maximum absolute atomic E-state index is 6.33. The molecule has 2 aromatic heterocycles. The summed E-state index contributed by atoms with van der Waals surface area (Å²) in [5.74, 6) is 2.29. The molecule has 0 saturated heterocycles. The van der Waals surface area contributed by atoms with Crippen molar-refractivity contribution in [1.29, 1.82) is 0 Å². The molecule has 0 radical (unpaired) electrons. The van der Waals surface area contributed by atoms with Crippen LogP contribution in [0.15, 0.2) is 24.5 Å². The van der Waals surface area contributed by atoms with Gasteiger partial charge in [0.05, 0.1) is 16.1 Å². The molecule has 110 valence electrons. The van der Waals surface area contributed by atoms with Gasteiger partial charge >= 0.3 is 0 Å². The number of rotatable bonds is 5. The quantitative estimate of drug-likeness (QED) is 0.678. The molecule has 0 aliphatic heterocycles. The van der Waals surface area contributed by atoms with Crippen molar-refractivity contribution in [1.82, 2.24) is 24.3 Å². The number of halogens is 2. The number of alkyl halides is 1. The first-order valence-electron chi connectivity index (χ1n) is 6.73. The third-order valence-electron chi connectivity index (χ3n) is 3.32. The Morgan fingerprint density at radius 2 is 2.10 bits per heavy atom. The van der Waals surface area contributed by atoms with Gasteiger partial charge in [-0.25, -0.2) is 9.97 Å². The van der Waals surface area contributed by atoms with Crippen molar-refractivity contribution in [3.05, 3.63) is 41.2 Å². The van der Waals surface area contributed by atoms with Crippen LogP contribution in [0.3, 0.4) is 0 Å². The van der Waals surface area contributed by atoms with E-state index in [4.69, 9.17) is 23.2 Å². The molecule has 0 unspecified atom stereocenters. The molecule has 0 saturated carbocycles. The Bertz CT molecular complexity index is 762. The van der Waals surface area contributed by atoms with Gasteiger partial charge in [-0.3, -0.25) is 4.68 Å². The summed E-state index contributed by atoms with van der Waals surface area (Å²) in [6.45, 7) is 0.733. The molecule has 3 rings (SSSR count). The standard InChI is InChI=1S/C14H15Cl2N5/c1-20-9-17-12(19-20)6-8-21-13(5-7-15)18-11-4-2-3-10(16)14(11)21/h2-4,9H,5-8H2,1H3. The zero-order valence-electron chi connectivity index (χ0n) is 11.6. The highest BCUT2D eigenvalue weighted by Gasteiger charge is 2.13. The van der Waals surface area contributed by atoms with Gasteiger partial charge in [0.25, 0.3) is 0 Å². The molecule has 0 bridgehead atoms. The summed E-state index contributed by atoms with van der Waals surface area (Å²) in [5, 5.41) is 5.00. The lowest BCUT2D eigenvalue weighted by Crippen LogP contribution is -2.08. The van der Waals surface area contributed by atoms with Gasteiger partial charge < -0.3 is 4.57 Å². The molecule has 0 amide bonds. The summed E-state index contributed by atoms with van der Waals surface area (Å²) in [7, 11) is 1.86. The zero-order valence-corrected chi connectivity index (χ0v) is 13.1. The van der Waals surface area contributed by atoms with E-state index in [0.29, 0.717) is 17.3 Å². The van der Waals surface area contributed by atoms with Crippen molar-refractivity contribution in [2.45, 2.75) is 19.4 Å². The van der Waals surface area contributed by atoms with E-state index in [0.717, 1.165) is 35.6 Å². The van der Waals surface area contributed by atoms with Crippen LogP contribution in [0.25, 0.3) is 11.0 Å². The van der Waals surface area contributed by atoms with E-state index >= 15 is 0 Å². The van der Waals surface area contributed by atoms with Gasteiger partial charge in [0.15, 0.2) is 5.82 Å². The van der Waals surface area contributed by atoms with Gasteiger partial charge in [-0.1, -0.05) is 17.7 Å². The number of para-hydroxylation sites is 1. The largest absolute Gasteiger partial charge is 0.326 e. The van der Waals surface area contributed by atoms with Crippen molar-refractivity contribution < 1.29 is 0 Å². The van der Waals surface area contributed by atoms with Gasteiger partial charge in [-0.2, -0.15) is 5.10 Å². The summed E-state index contributed by atoms with van der Waals surface area (Å²) < 4.78 is 3.82. The summed E-state index contributed by atoms with van der Waals surface area (Å²) in [6, 6.07) is 5.76. The maximum atomic E-state index is 6.33. The molecule has 0 fully saturated rings. The second-order valence-electron chi connectivity index (χ2n) is 4.81. The van der Waals surface area contributed by atoms with Gasteiger partial charge in [-0.15, -0.1) is 11.6 Å². The molecule has 0 N–H and O–H groups in total. The summed E-state index contributed by atoms with van der Waals surface area (Å²) in [6.07, 6.45) is 3.14. The number of fused-ring (bicyclic) bond motifs is 1. The number of hydrogen-bond acceptors (Lipinski definition) is 3. The van der Waals surface area contributed by atoms with Crippen LogP contribution in [0.5, 0.6) is 0 Å². The summed E-state index contributed by atoms with van der Waals surface area (Å²) in [5.41, 5.74) is 1.85. The second kappa shape index (κ2) is 6.03. The van der Waals surface area contributed by atoms with Gasteiger partial charge in [0, 0.05) is 32.3 Å². The fraction of sp³-hybridized carbons (Fsp3) is 0.357. The topological polar surface area (TPSA) is 48.5 Å². The van der Waals surface area contributed by atoms with Crippen LogP contribution in [0, 0.1) is 0 Å². The van der Waals surface area contributed by atoms with Crippen molar-refractivity contribution >= 4 is 34.2 Å². The molecular formula is C14H15Cl2N5. The Balaban J connectivity index is 1.96. The molecule has 1 aromatic carbocycles. The first-order valence-corrected chi connectivity index (χ1v) is 7.64. The second-order valence-corrected chi connectivity index (χ2v) is 5.60. The summed E-state index contributed by atoms with van der Waals surface area (Å²) >= 11 is 12.2. The SMILES string of the molecule is Cn1cnc(CCn2c(CCCl)nc3cccc(Cl)c32)n1. The highest BCUT2D eigenvalue weighted by Crippen LogP contribution is 2.25. The lowest BCUT2D eigenvalue weighted by molar-refractivity contribution is 0.646. The van der Waals surface area contributed by atoms with Crippen LogP contribution in [0.1, 0.15) is 11.6 Å². The Morgan fingerprint density at radius 1 is 1.24 bits per heavy atom. The molecule has 7 heteroatoms. The molecular weight excluding hydrogens is 309 g/mol. The maximum Gasteiger partial charge on any atom is 0.152 e. The van der Waals surface area contributed by atoms with Crippen LogP contribution < -0.4 is 0 Å². The number of aromatic nitrogens is 5. The Hall–Kier alpha value is -1.59. The molecule has 2 heterocycles. The average Bonchev–Trinajstić information content (AvgIpc) is 3.01. The zero-order chi connectivity index (χ0) is 14.8. The first-order chi connectivity index (χ1) is 10.2. The fourth-order valence-electron chi connectivity index (χ4n) is 2.42. The van der Waals surface area contributed by atoms with E-state index in [-0.39, 0.29) is 0 Å². The Kier molecular flexibility index (Phi) is 4.12. The lowest BCUT2D eigenvalue weighted by Gasteiger charge is -2.08. The fourth-order valence-corrected chi connectivity index (χ4v) is 2.86. The Labute approximate surface area is 132 Å². The van der Waals surface area contributed by atoms with Crippen molar-refractivity contribution in [3.63, 3.8) is 0 Å². The minimum Gasteiger partial charge on any atom is -0.326 e. The van der Waals surface area contributed by atoms with Crippen molar-refractivity contribution in [2.75, 3.05) is 5.88 Å². The normalized spacial score (nSPS) is 11.4. The predicted molar refractivity (Wildman–Crippen MR) is 83.9 cm³/mol. The molecule has 0 atom stereocenters. The van der Waals surface area contributed by atoms with Gasteiger partial charge in [0.1, 0.15) is 12.2 Å². The number of imidazole rings is 1. The third kappa shape index (κ3) is 2.89. The molecule has 0 aliphatic carbocycles. The van der Waals surface area contributed by atoms with Crippen molar-refractivity contribution in [3.8, 4) is 0 Å². The number of nitrogens with zero attached hydrogens (tertiary/aromatic N) is 5.